The van der Waals surface area contributed by atoms with Crippen LogP contribution in [0.1, 0.15) is 15.2 Å². The van der Waals surface area contributed by atoms with Crippen LogP contribution in [0.3, 0.4) is 0 Å². The first kappa shape index (κ1) is 15.6. The first-order chi connectivity index (χ1) is 10.5. The van der Waals surface area contributed by atoms with Crippen molar-refractivity contribution >= 4 is 67.8 Å². The molecule has 6 heteroatoms. The van der Waals surface area contributed by atoms with Gasteiger partial charge in [0.15, 0.2) is 0 Å². The van der Waals surface area contributed by atoms with Crippen molar-refractivity contribution in [2.75, 3.05) is 5.32 Å². The van der Waals surface area contributed by atoms with Gasteiger partial charge in [0.05, 0.1) is 10.0 Å². The molecule has 0 aliphatic rings. The van der Waals surface area contributed by atoms with Crippen LogP contribution < -0.4 is 5.32 Å². The lowest BCUT2D eigenvalue weighted by Gasteiger charge is -2.04. The van der Waals surface area contributed by atoms with Crippen LogP contribution in [0.2, 0.25) is 15.1 Å². The van der Waals surface area contributed by atoms with Crippen molar-refractivity contribution in [3.8, 4) is 0 Å². The van der Waals surface area contributed by atoms with Crippen molar-refractivity contribution in [3.05, 3.63) is 61.9 Å². The molecule has 0 saturated carbocycles. The highest BCUT2D eigenvalue weighted by Gasteiger charge is 2.19. The highest BCUT2D eigenvalue weighted by molar-refractivity contribution is 7.21. The van der Waals surface area contributed by atoms with Gasteiger partial charge in [-0.2, -0.15) is 0 Å². The fraction of sp³-hybridized carbons (Fsp3) is 0.0625. The first-order valence-corrected chi connectivity index (χ1v) is 8.36. The number of carbonyl (C=O) groups excluding carboxylic acids is 1. The number of rotatable bonds is 2. The normalized spacial score (nSPS) is 10.9. The van der Waals surface area contributed by atoms with E-state index in [9.17, 15) is 4.79 Å². The molecule has 1 aromatic heterocycles. The van der Waals surface area contributed by atoms with Crippen molar-refractivity contribution in [1.82, 2.24) is 0 Å². The summed E-state index contributed by atoms with van der Waals surface area (Å²) >= 11 is 19.8. The average Bonchev–Trinajstić information content (AvgIpc) is 2.78. The molecule has 112 valence electrons. The SMILES string of the molecule is Cc1ccc(NC(=O)c2sc3cc(Cl)cc(Cl)c3c2Cl)cc1. The number of nitrogens with one attached hydrogen (secondary N) is 1. The number of fused-ring (bicyclic) bond motifs is 1. The molecule has 0 bridgehead atoms. The number of carbonyl (C=O) groups is 1. The molecule has 0 saturated heterocycles. The van der Waals surface area contributed by atoms with Crippen LogP contribution in [0, 0.1) is 6.92 Å². The van der Waals surface area contributed by atoms with Crippen LogP contribution in [0.15, 0.2) is 36.4 Å². The van der Waals surface area contributed by atoms with Gasteiger partial charge in [-0.15, -0.1) is 11.3 Å². The van der Waals surface area contributed by atoms with Gasteiger partial charge >= 0.3 is 0 Å². The molecule has 0 radical (unpaired) electrons. The summed E-state index contributed by atoms with van der Waals surface area (Å²) in [5.41, 5.74) is 1.84. The predicted octanol–water partition coefficient (Wildman–Crippen LogP) is 6.42. The van der Waals surface area contributed by atoms with E-state index in [1.54, 1.807) is 12.1 Å². The molecule has 0 fully saturated rings. The van der Waals surface area contributed by atoms with E-state index < -0.39 is 0 Å². The summed E-state index contributed by atoms with van der Waals surface area (Å²) in [7, 11) is 0. The lowest BCUT2D eigenvalue weighted by molar-refractivity contribution is 0.103. The zero-order chi connectivity index (χ0) is 15.9. The molecule has 1 amide bonds. The lowest BCUT2D eigenvalue weighted by Crippen LogP contribution is -2.10. The first-order valence-electron chi connectivity index (χ1n) is 6.41. The van der Waals surface area contributed by atoms with Crippen LogP contribution in [0.5, 0.6) is 0 Å². The summed E-state index contributed by atoms with van der Waals surface area (Å²) in [4.78, 5) is 12.8. The molecule has 0 spiro atoms. The quantitative estimate of drug-likeness (QED) is 0.554. The van der Waals surface area contributed by atoms with E-state index in [0.29, 0.717) is 31.0 Å². The van der Waals surface area contributed by atoms with E-state index in [1.807, 2.05) is 31.2 Å². The number of hydrogen-bond acceptors (Lipinski definition) is 2. The van der Waals surface area contributed by atoms with Gasteiger partial charge in [-0.05, 0) is 31.2 Å². The summed E-state index contributed by atoms with van der Waals surface area (Å²) in [5, 5.41) is 4.80. The van der Waals surface area contributed by atoms with Crippen LogP contribution >= 0.6 is 46.1 Å². The maximum Gasteiger partial charge on any atom is 0.267 e. The third kappa shape index (κ3) is 2.95. The van der Waals surface area contributed by atoms with Crippen molar-refractivity contribution in [1.29, 1.82) is 0 Å². The second-order valence-electron chi connectivity index (χ2n) is 4.83. The van der Waals surface area contributed by atoms with Gasteiger partial charge < -0.3 is 5.32 Å². The number of benzene rings is 2. The maximum atomic E-state index is 12.4. The van der Waals surface area contributed by atoms with Gasteiger partial charge in [0.2, 0.25) is 0 Å². The fourth-order valence-corrected chi connectivity index (χ4v) is 4.36. The van der Waals surface area contributed by atoms with E-state index in [0.717, 1.165) is 10.3 Å². The Morgan fingerprint density at radius 1 is 1.09 bits per heavy atom. The highest BCUT2D eigenvalue weighted by Crippen LogP contribution is 2.41. The van der Waals surface area contributed by atoms with E-state index in [4.69, 9.17) is 34.8 Å². The second kappa shape index (κ2) is 6.09. The Hall–Kier alpha value is -1.26. The smallest absolute Gasteiger partial charge is 0.267 e. The third-order valence-corrected chi connectivity index (χ3v) is 5.31. The van der Waals surface area contributed by atoms with Crippen molar-refractivity contribution < 1.29 is 4.79 Å². The topological polar surface area (TPSA) is 29.1 Å². The molecular formula is C16H10Cl3NOS. The summed E-state index contributed by atoms with van der Waals surface area (Å²) in [6.07, 6.45) is 0. The number of hydrogen-bond donors (Lipinski definition) is 1. The zero-order valence-corrected chi connectivity index (χ0v) is 14.5. The molecular weight excluding hydrogens is 361 g/mol. The van der Waals surface area contributed by atoms with Gasteiger partial charge in [0.1, 0.15) is 4.88 Å². The molecule has 2 nitrogen and oxygen atoms in total. The molecule has 1 N–H and O–H groups in total. The van der Waals surface area contributed by atoms with Crippen LogP contribution in [0.25, 0.3) is 10.1 Å². The minimum Gasteiger partial charge on any atom is -0.321 e. The maximum absolute atomic E-state index is 12.4. The Bertz CT molecular complexity index is 871. The number of halogens is 3. The summed E-state index contributed by atoms with van der Waals surface area (Å²) in [6, 6.07) is 10.9. The molecule has 2 aromatic carbocycles. The monoisotopic (exact) mass is 369 g/mol. The molecule has 0 unspecified atom stereocenters. The third-order valence-electron chi connectivity index (χ3n) is 3.17. The van der Waals surface area contributed by atoms with Crippen molar-refractivity contribution in [2.24, 2.45) is 0 Å². The summed E-state index contributed by atoms with van der Waals surface area (Å²) in [6.45, 7) is 1.99. The zero-order valence-electron chi connectivity index (χ0n) is 11.4. The minimum atomic E-state index is -0.262. The lowest BCUT2D eigenvalue weighted by atomic mass is 10.2. The number of anilines is 1. The molecule has 0 atom stereocenters. The Labute approximate surface area is 146 Å². The Balaban J connectivity index is 1.99. The van der Waals surface area contributed by atoms with Gasteiger partial charge in [-0.3, -0.25) is 4.79 Å². The van der Waals surface area contributed by atoms with Gasteiger partial charge in [0.25, 0.3) is 5.91 Å². The summed E-state index contributed by atoms with van der Waals surface area (Å²) in [5.74, 6) is -0.262. The standard InChI is InChI=1S/C16H10Cl3NOS/c1-8-2-4-10(5-3-8)20-16(21)15-14(19)13-11(18)6-9(17)7-12(13)22-15/h2-7H,1H3,(H,20,21). The van der Waals surface area contributed by atoms with Crippen LogP contribution in [-0.2, 0) is 0 Å². The van der Waals surface area contributed by atoms with Crippen molar-refractivity contribution in [3.63, 3.8) is 0 Å². The van der Waals surface area contributed by atoms with Gasteiger partial charge in [-0.25, -0.2) is 0 Å². The van der Waals surface area contributed by atoms with E-state index >= 15 is 0 Å². The van der Waals surface area contributed by atoms with Crippen LogP contribution in [0.4, 0.5) is 5.69 Å². The predicted molar refractivity (Wildman–Crippen MR) is 96.0 cm³/mol. The number of thiophene rings is 1. The molecule has 1 heterocycles. The Morgan fingerprint density at radius 2 is 1.77 bits per heavy atom. The van der Waals surface area contributed by atoms with E-state index in [-0.39, 0.29) is 5.91 Å². The Kier molecular flexibility index (Phi) is 4.33. The molecule has 22 heavy (non-hydrogen) atoms. The average molecular weight is 371 g/mol. The van der Waals surface area contributed by atoms with Crippen LogP contribution in [-0.4, -0.2) is 5.91 Å². The van der Waals surface area contributed by atoms with Gasteiger partial charge in [0, 0.05) is 20.8 Å². The summed E-state index contributed by atoms with van der Waals surface area (Å²) < 4.78 is 0.788. The number of aryl methyl sites for hydroxylation is 1. The molecule has 3 aromatic rings. The van der Waals surface area contributed by atoms with E-state index in [1.165, 1.54) is 11.3 Å². The Morgan fingerprint density at radius 3 is 2.45 bits per heavy atom. The largest absolute Gasteiger partial charge is 0.321 e. The second-order valence-corrected chi connectivity index (χ2v) is 7.10. The molecule has 0 aliphatic heterocycles. The fourth-order valence-electron chi connectivity index (χ4n) is 2.08. The minimum absolute atomic E-state index is 0.262. The van der Waals surface area contributed by atoms with Crippen molar-refractivity contribution in [2.45, 2.75) is 6.92 Å². The van der Waals surface area contributed by atoms with E-state index in [2.05, 4.69) is 5.32 Å². The highest BCUT2D eigenvalue weighted by atomic mass is 35.5. The van der Waals surface area contributed by atoms with Gasteiger partial charge in [-0.1, -0.05) is 52.5 Å². The molecule has 3 rings (SSSR count). The molecule has 0 aliphatic carbocycles. The number of amides is 1.